The molecule has 0 spiro atoms. The van der Waals surface area contributed by atoms with Crippen LogP contribution in [0, 0.1) is 0 Å². The Labute approximate surface area is 85.1 Å². The van der Waals surface area contributed by atoms with Crippen molar-refractivity contribution in [2.75, 3.05) is 0 Å². The Kier molecular flexibility index (Phi) is 2.40. The topological polar surface area (TPSA) is 17.1 Å². The molecule has 2 rings (SSSR count). The van der Waals surface area contributed by atoms with Crippen molar-refractivity contribution in [2.24, 2.45) is 0 Å². The third-order valence-corrected chi connectivity index (χ3v) is 2.97. The quantitative estimate of drug-likeness (QED) is 0.662. The molecule has 0 bridgehead atoms. The fourth-order valence-corrected chi connectivity index (χ4v) is 2.23. The van der Waals surface area contributed by atoms with Crippen molar-refractivity contribution in [1.82, 2.24) is 0 Å². The van der Waals surface area contributed by atoms with Crippen LogP contribution < -0.4 is 0 Å². The summed E-state index contributed by atoms with van der Waals surface area (Å²) < 4.78 is 0. The average Bonchev–Trinajstić information content (AvgIpc) is 2.16. The van der Waals surface area contributed by atoms with Crippen LogP contribution in [0.4, 0.5) is 0 Å². The standard InChI is InChI=1S/C13H16O/c1-9(2)12-5-3-4-10-8-11(14)6-7-13(10)12/h3-5,9H,6-8H2,1-2H3. The summed E-state index contributed by atoms with van der Waals surface area (Å²) in [5, 5.41) is 0. The van der Waals surface area contributed by atoms with E-state index in [1.165, 1.54) is 16.7 Å². The summed E-state index contributed by atoms with van der Waals surface area (Å²) in [4.78, 5) is 11.3. The molecule has 1 aliphatic rings. The second-order valence-corrected chi connectivity index (χ2v) is 4.36. The molecule has 0 saturated heterocycles. The van der Waals surface area contributed by atoms with E-state index in [-0.39, 0.29) is 0 Å². The average molecular weight is 188 g/mol. The fraction of sp³-hybridized carbons (Fsp3) is 0.462. The minimum atomic E-state index is 0.387. The highest BCUT2D eigenvalue weighted by Gasteiger charge is 2.18. The van der Waals surface area contributed by atoms with Gasteiger partial charge in [0.25, 0.3) is 0 Å². The van der Waals surface area contributed by atoms with Crippen LogP contribution in [-0.2, 0) is 17.6 Å². The molecular formula is C13H16O. The lowest BCUT2D eigenvalue weighted by molar-refractivity contribution is -0.118. The van der Waals surface area contributed by atoms with Gasteiger partial charge in [0, 0.05) is 12.8 Å². The van der Waals surface area contributed by atoms with Crippen molar-refractivity contribution in [3.05, 3.63) is 34.9 Å². The van der Waals surface area contributed by atoms with Gasteiger partial charge in [0.2, 0.25) is 0 Å². The van der Waals surface area contributed by atoms with Gasteiger partial charge < -0.3 is 0 Å². The van der Waals surface area contributed by atoms with Gasteiger partial charge in [0.05, 0.1) is 0 Å². The number of ketones is 1. The van der Waals surface area contributed by atoms with Crippen LogP contribution in [0.2, 0.25) is 0 Å². The summed E-state index contributed by atoms with van der Waals surface area (Å²) in [5.74, 6) is 0.955. The largest absolute Gasteiger partial charge is 0.299 e. The lowest BCUT2D eigenvalue weighted by Crippen LogP contribution is -2.15. The Morgan fingerprint density at radius 2 is 2.00 bits per heavy atom. The molecule has 0 heterocycles. The lowest BCUT2D eigenvalue weighted by Gasteiger charge is -2.20. The molecule has 1 nitrogen and oxygen atoms in total. The number of hydrogen-bond donors (Lipinski definition) is 0. The zero-order chi connectivity index (χ0) is 10.1. The highest BCUT2D eigenvalue weighted by Crippen LogP contribution is 2.27. The van der Waals surface area contributed by atoms with Crippen LogP contribution in [-0.4, -0.2) is 5.78 Å². The number of benzene rings is 1. The Hall–Kier alpha value is -1.11. The number of hydrogen-bond acceptors (Lipinski definition) is 1. The van der Waals surface area contributed by atoms with Crippen LogP contribution >= 0.6 is 0 Å². The van der Waals surface area contributed by atoms with E-state index in [4.69, 9.17) is 0 Å². The van der Waals surface area contributed by atoms with Crippen molar-refractivity contribution >= 4 is 5.78 Å². The molecular weight excluding hydrogens is 172 g/mol. The normalized spacial score (nSPS) is 15.8. The first-order valence-electron chi connectivity index (χ1n) is 5.31. The molecule has 0 amide bonds. The lowest BCUT2D eigenvalue weighted by atomic mass is 9.84. The molecule has 0 atom stereocenters. The molecule has 14 heavy (non-hydrogen) atoms. The summed E-state index contributed by atoms with van der Waals surface area (Å²) >= 11 is 0. The third kappa shape index (κ3) is 1.59. The molecule has 0 aromatic heterocycles. The van der Waals surface area contributed by atoms with Gasteiger partial charge in [0.15, 0.2) is 0 Å². The Morgan fingerprint density at radius 3 is 2.71 bits per heavy atom. The third-order valence-electron chi connectivity index (χ3n) is 2.97. The van der Waals surface area contributed by atoms with Crippen molar-refractivity contribution < 1.29 is 4.79 Å². The van der Waals surface area contributed by atoms with E-state index < -0.39 is 0 Å². The van der Waals surface area contributed by atoms with E-state index in [0.717, 1.165) is 12.8 Å². The highest BCUT2D eigenvalue weighted by atomic mass is 16.1. The number of fused-ring (bicyclic) bond motifs is 1. The molecule has 74 valence electrons. The van der Waals surface area contributed by atoms with E-state index in [9.17, 15) is 4.79 Å². The molecule has 1 aliphatic carbocycles. The van der Waals surface area contributed by atoms with Crippen molar-refractivity contribution in [2.45, 2.75) is 39.0 Å². The zero-order valence-electron chi connectivity index (χ0n) is 8.84. The van der Waals surface area contributed by atoms with Gasteiger partial charge >= 0.3 is 0 Å². The van der Waals surface area contributed by atoms with Gasteiger partial charge in [-0.05, 0) is 29.0 Å². The zero-order valence-corrected chi connectivity index (χ0v) is 8.84. The second kappa shape index (κ2) is 3.56. The van der Waals surface area contributed by atoms with E-state index in [0.29, 0.717) is 18.1 Å². The SMILES string of the molecule is CC(C)c1cccc2c1CCC(=O)C2. The van der Waals surface area contributed by atoms with Crippen LogP contribution in [0.25, 0.3) is 0 Å². The summed E-state index contributed by atoms with van der Waals surface area (Å²) in [7, 11) is 0. The van der Waals surface area contributed by atoms with Crippen LogP contribution in [0.3, 0.4) is 0 Å². The first-order chi connectivity index (χ1) is 6.68. The molecule has 0 N–H and O–H groups in total. The second-order valence-electron chi connectivity index (χ2n) is 4.36. The van der Waals surface area contributed by atoms with Gasteiger partial charge in [-0.2, -0.15) is 0 Å². The van der Waals surface area contributed by atoms with Gasteiger partial charge in [-0.3, -0.25) is 4.79 Å². The molecule has 0 saturated carbocycles. The molecule has 0 aliphatic heterocycles. The van der Waals surface area contributed by atoms with Gasteiger partial charge in [-0.25, -0.2) is 0 Å². The minimum Gasteiger partial charge on any atom is -0.299 e. The smallest absolute Gasteiger partial charge is 0.137 e. The molecule has 1 aromatic carbocycles. The van der Waals surface area contributed by atoms with Crippen molar-refractivity contribution in [1.29, 1.82) is 0 Å². The maximum absolute atomic E-state index is 11.3. The Balaban J connectivity index is 2.46. The number of carbonyl (C=O) groups is 1. The van der Waals surface area contributed by atoms with Crippen LogP contribution in [0.1, 0.15) is 42.9 Å². The van der Waals surface area contributed by atoms with E-state index in [2.05, 4.69) is 32.0 Å². The highest BCUT2D eigenvalue weighted by molar-refractivity contribution is 5.83. The minimum absolute atomic E-state index is 0.387. The summed E-state index contributed by atoms with van der Waals surface area (Å²) in [5.41, 5.74) is 4.12. The maximum Gasteiger partial charge on any atom is 0.137 e. The molecule has 0 fully saturated rings. The van der Waals surface area contributed by atoms with Gasteiger partial charge in [-0.15, -0.1) is 0 Å². The maximum atomic E-state index is 11.3. The Bertz CT molecular complexity index is 363. The van der Waals surface area contributed by atoms with Gasteiger partial charge in [-0.1, -0.05) is 32.0 Å². The molecule has 1 aromatic rings. The molecule has 1 heteroatoms. The number of rotatable bonds is 1. The summed E-state index contributed by atoms with van der Waals surface area (Å²) in [6.45, 7) is 4.43. The monoisotopic (exact) mass is 188 g/mol. The predicted molar refractivity (Wildman–Crippen MR) is 57.6 cm³/mol. The van der Waals surface area contributed by atoms with Crippen molar-refractivity contribution in [3.63, 3.8) is 0 Å². The fourth-order valence-electron chi connectivity index (χ4n) is 2.23. The van der Waals surface area contributed by atoms with E-state index in [1.54, 1.807) is 0 Å². The van der Waals surface area contributed by atoms with E-state index in [1.807, 2.05) is 0 Å². The molecule has 0 radical (unpaired) electrons. The van der Waals surface area contributed by atoms with Crippen LogP contribution in [0.5, 0.6) is 0 Å². The van der Waals surface area contributed by atoms with Gasteiger partial charge in [0.1, 0.15) is 5.78 Å². The predicted octanol–water partition coefficient (Wildman–Crippen LogP) is 2.87. The van der Waals surface area contributed by atoms with Crippen molar-refractivity contribution in [3.8, 4) is 0 Å². The van der Waals surface area contributed by atoms with Crippen LogP contribution in [0.15, 0.2) is 18.2 Å². The summed E-state index contributed by atoms with van der Waals surface area (Å²) in [6.07, 6.45) is 2.33. The Morgan fingerprint density at radius 1 is 1.21 bits per heavy atom. The van der Waals surface area contributed by atoms with E-state index >= 15 is 0 Å². The first kappa shape index (κ1) is 9.45. The first-order valence-corrected chi connectivity index (χ1v) is 5.31. The summed E-state index contributed by atoms with van der Waals surface area (Å²) in [6, 6.07) is 6.37. The number of carbonyl (C=O) groups excluding carboxylic acids is 1. The molecule has 0 unspecified atom stereocenters. The number of Topliss-reactive ketones (excluding diaryl/α,β-unsaturated/α-hetero) is 1.